The number of carbonyl (C=O) groups excluding carboxylic acids is 1. The molecule has 0 unspecified atom stereocenters. The van der Waals surface area contributed by atoms with Gasteiger partial charge in [-0.1, -0.05) is 5.92 Å². The topological polar surface area (TPSA) is 52.3 Å². The van der Waals surface area contributed by atoms with Crippen LogP contribution in [0.5, 0.6) is 5.75 Å². The van der Waals surface area contributed by atoms with Crippen molar-refractivity contribution in [3.63, 3.8) is 0 Å². The summed E-state index contributed by atoms with van der Waals surface area (Å²) in [5.74, 6) is 3.82. The van der Waals surface area contributed by atoms with Crippen LogP contribution in [0.4, 0.5) is 4.39 Å². The van der Waals surface area contributed by atoms with E-state index in [1.54, 1.807) is 6.92 Å². The lowest BCUT2D eigenvalue weighted by molar-refractivity contribution is -0.112. The Morgan fingerprint density at radius 3 is 2.93 bits per heavy atom. The number of halogens is 1. The lowest BCUT2D eigenvalue weighted by Crippen LogP contribution is -2.06. The number of carbonyl (C=O) groups is 1. The van der Waals surface area contributed by atoms with Gasteiger partial charge in [0.25, 0.3) is 5.91 Å². The Labute approximate surface area is 87.0 Å². The van der Waals surface area contributed by atoms with Crippen LogP contribution in [0.3, 0.4) is 0 Å². The molecule has 0 heterocycles. The molecule has 1 rings (SSSR count). The number of rotatable bonds is 2. The first kappa shape index (κ1) is 11.1. The van der Waals surface area contributed by atoms with E-state index in [1.165, 1.54) is 18.2 Å². The second-order valence-corrected chi connectivity index (χ2v) is 2.69. The highest BCUT2D eigenvalue weighted by Crippen LogP contribution is 2.18. The monoisotopic (exact) mass is 207 g/mol. The zero-order valence-corrected chi connectivity index (χ0v) is 8.21. The third-order valence-electron chi connectivity index (χ3n) is 1.56. The van der Waals surface area contributed by atoms with E-state index in [4.69, 9.17) is 10.5 Å². The number of nitrogens with two attached hydrogens (primary N) is 1. The van der Waals surface area contributed by atoms with E-state index < -0.39 is 11.7 Å². The first-order chi connectivity index (χ1) is 7.13. The number of ether oxygens (including phenoxy) is 1. The third-order valence-corrected chi connectivity index (χ3v) is 1.56. The van der Waals surface area contributed by atoms with Crippen LogP contribution in [0.25, 0.3) is 0 Å². The van der Waals surface area contributed by atoms with Crippen LogP contribution in [-0.2, 0) is 4.79 Å². The maximum absolute atomic E-state index is 12.9. The Morgan fingerprint density at radius 1 is 1.60 bits per heavy atom. The molecule has 2 N–H and O–H groups in total. The number of hydrogen-bond acceptors (Lipinski definition) is 2. The fourth-order valence-corrected chi connectivity index (χ4v) is 1.01. The van der Waals surface area contributed by atoms with Gasteiger partial charge in [0, 0.05) is 5.92 Å². The van der Waals surface area contributed by atoms with Crippen molar-refractivity contribution in [1.29, 1.82) is 0 Å². The van der Waals surface area contributed by atoms with E-state index in [-0.39, 0.29) is 0 Å². The van der Waals surface area contributed by atoms with Gasteiger partial charge in [0.05, 0.1) is 12.2 Å². The Morgan fingerprint density at radius 2 is 2.33 bits per heavy atom. The summed E-state index contributed by atoms with van der Waals surface area (Å²) in [6.07, 6.45) is 0. The minimum atomic E-state index is -0.762. The van der Waals surface area contributed by atoms with Crippen LogP contribution >= 0.6 is 0 Å². The van der Waals surface area contributed by atoms with Gasteiger partial charge in [0.15, 0.2) is 0 Å². The highest BCUT2D eigenvalue weighted by molar-refractivity contribution is 5.92. The van der Waals surface area contributed by atoms with Crippen molar-refractivity contribution in [2.75, 3.05) is 6.61 Å². The second kappa shape index (κ2) is 5.01. The zero-order valence-electron chi connectivity index (χ0n) is 8.21. The van der Waals surface area contributed by atoms with Gasteiger partial charge >= 0.3 is 0 Å². The van der Waals surface area contributed by atoms with E-state index in [1.807, 2.05) is 0 Å². The molecule has 4 heteroatoms. The molecular formula is C11H10FNO2. The second-order valence-electron chi connectivity index (χ2n) is 2.69. The van der Waals surface area contributed by atoms with Gasteiger partial charge in [-0.3, -0.25) is 4.79 Å². The van der Waals surface area contributed by atoms with Crippen molar-refractivity contribution in [2.24, 2.45) is 5.73 Å². The lowest BCUT2D eigenvalue weighted by Gasteiger charge is -2.04. The number of benzene rings is 1. The van der Waals surface area contributed by atoms with Crippen LogP contribution < -0.4 is 10.5 Å². The molecule has 1 aromatic rings. The molecule has 3 nitrogen and oxygen atoms in total. The predicted octanol–water partition coefficient (Wildman–Crippen LogP) is 1.06. The van der Waals surface area contributed by atoms with Gasteiger partial charge in [-0.05, 0) is 25.1 Å². The maximum atomic E-state index is 12.9. The number of hydrogen-bond donors (Lipinski definition) is 1. The summed E-state index contributed by atoms with van der Waals surface area (Å²) < 4.78 is 18.1. The lowest BCUT2D eigenvalue weighted by atomic mass is 10.2. The van der Waals surface area contributed by atoms with Crippen molar-refractivity contribution in [3.05, 3.63) is 29.6 Å². The fraction of sp³-hybridized carbons (Fsp3) is 0.182. The summed E-state index contributed by atoms with van der Waals surface area (Å²) in [4.78, 5) is 10.4. The molecule has 0 atom stereocenters. The van der Waals surface area contributed by atoms with Gasteiger partial charge < -0.3 is 10.5 Å². The van der Waals surface area contributed by atoms with E-state index in [2.05, 4.69) is 11.8 Å². The minimum Gasteiger partial charge on any atom is -0.493 e. The Bertz CT molecular complexity index is 432. The molecule has 15 heavy (non-hydrogen) atoms. The molecule has 0 aromatic heterocycles. The molecule has 0 aliphatic heterocycles. The molecule has 0 fully saturated rings. The molecule has 0 bridgehead atoms. The zero-order chi connectivity index (χ0) is 11.3. The minimum absolute atomic E-state index is 0.315. The first-order valence-corrected chi connectivity index (χ1v) is 4.37. The Balaban J connectivity index is 3.08. The van der Waals surface area contributed by atoms with Crippen LogP contribution in [-0.4, -0.2) is 12.5 Å². The summed E-state index contributed by atoms with van der Waals surface area (Å²) in [6, 6.07) is 3.92. The van der Waals surface area contributed by atoms with Gasteiger partial charge in [0.1, 0.15) is 11.6 Å². The highest BCUT2D eigenvalue weighted by Gasteiger charge is 2.02. The standard InChI is InChI=1S/C11H10FNO2/c1-2-15-10-5-4-9(12)7-8(10)3-6-11(13)14/h4-5,7H,2H2,1H3,(H2,13,14). The van der Waals surface area contributed by atoms with Gasteiger partial charge in [-0.15, -0.1) is 0 Å². The van der Waals surface area contributed by atoms with Crippen molar-refractivity contribution >= 4 is 5.91 Å². The van der Waals surface area contributed by atoms with E-state index in [0.29, 0.717) is 17.9 Å². The summed E-state index contributed by atoms with van der Waals surface area (Å²) in [7, 11) is 0. The molecule has 0 aliphatic rings. The van der Waals surface area contributed by atoms with Crippen molar-refractivity contribution < 1.29 is 13.9 Å². The molecule has 1 amide bonds. The van der Waals surface area contributed by atoms with Gasteiger partial charge in [0.2, 0.25) is 0 Å². The van der Waals surface area contributed by atoms with E-state index in [0.717, 1.165) is 0 Å². The molecule has 0 saturated heterocycles. The number of primary amides is 1. The summed E-state index contributed by atoms with van der Waals surface area (Å²) in [5.41, 5.74) is 5.17. The van der Waals surface area contributed by atoms with Crippen LogP contribution in [0.2, 0.25) is 0 Å². The van der Waals surface area contributed by atoms with Crippen molar-refractivity contribution in [3.8, 4) is 17.6 Å². The Kier molecular flexibility index (Phi) is 3.69. The quantitative estimate of drug-likeness (QED) is 0.737. The van der Waals surface area contributed by atoms with Crippen LogP contribution in [0, 0.1) is 17.7 Å². The largest absolute Gasteiger partial charge is 0.493 e. The Hall–Kier alpha value is -2.02. The van der Waals surface area contributed by atoms with Crippen LogP contribution in [0.15, 0.2) is 18.2 Å². The highest BCUT2D eigenvalue weighted by atomic mass is 19.1. The molecule has 78 valence electrons. The average Bonchev–Trinajstić information content (AvgIpc) is 2.18. The molecule has 0 spiro atoms. The smallest absolute Gasteiger partial charge is 0.293 e. The average molecular weight is 207 g/mol. The molecule has 0 saturated carbocycles. The normalized spacial score (nSPS) is 8.93. The van der Waals surface area contributed by atoms with E-state index in [9.17, 15) is 9.18 Å². The van der Waals surface area contributed by atoms with Crippen molar-refractivity contribution in [2.45, 2.75) is 6.92 Å². The molecular weight excluding hydrogens is 197 g/mol. The van der Waals surface area contributed by atoms with Gasteiger partial charge in [-0.2, -0.15) is 0 Å². The first-order valence-electron chi connectivity index (χ1n) is 4.37. The molecule has 0 aliphatic carbocycles. The van der Waals surface area contributed by atoms with Crippen LogP contribution in [0.1, 0.15) is 12.5 Å². The summed E-state index contributed by atoms with van der Waals surface area (Å²) in [5, 5.41) is 0. The summed E-state index contributed by atoms with van der Waals surface area (Å²) >= 11 is 0. The van der Waals surface area contributed by atoms with Crippen molar-refractivity contribution in [1.82, 2.24) is 0 Å². The molecule has 0 radical (unpaired) electrons. The third kappa shape index (κ3) is 3.31. The summed E-state index contributed by atoms with van der Waals surface area (Å²) in [6.45, 7) is 2.24. The number of amides is 1. The maximum Gasteiger partial charge on any atom is 0.293 e. The van der Waals surface area contributed by atoms with Gasteiger partial charge in [-0.25, -0.2) is 4.39 Å². The van der Waals surface area contributed by atoms with E-state index >= 15 is 0 Å². The predicted molar refractivity (Wildman–Crippen MR) is 53.6 cm³/mol. The SMILES string of the molecule is CCOc1ccc(F)cc1C#CC(N)=O. The molecule has 1 aromatic carbocycles. The fourth-order valence-electron chi connectivity index (χ4n) is 1.01.